The Balaban J connectivity index is 1.78. The topological polar surface area (TPSA) is 12.5 Å². The molecule has 1 aromatic rings. The maximum atomic E-state index is 5.39. The van der Waals surface area contributed by atoms with Crippen LogP contribution in [0.1, 0.15) is 36.9 Å². The number of hydrogen-bond donors (Lipinski definition) is 0. The van der Waals surface area contributed by atoms with Crippen molar-refractivity contribution in [3.63, 3.8) is 0 Å². The van der Waals surface area contributed by atoms with Crippen molar-refractivity contribution in [2.75, 3.05) is 26.3 Å². The molecular weight excluding hydrogens is 254 g/mol. The minimum absolute atomic E-state index is 0.799. The summed E-state index contributed by atoms with van der Waals surface area (Å²) in [7, 11) is 0. The van der Waals surface area contributed by atoms with Crippen LogP contribution in [0.25, 0.3) is 0 Å². The molecule has 1 aliphatic rings. The van der Waals surface area contributed by atoms with Crippen LogP contribution in [0.5, 0.6) is 0 Å². The largest absolute Gasteiger partial charge is 0.379 e. The number of aryl methyl sites for hydroxylation is 1. The molecule has 3 heteroatoms. The number of hydrogen-bond acceptors (Lipinski definition) is 3. The van der Waals surface area contributed by atoms with Gasteiger partial charge in [0.1, 0.15) is 0 Å². The number of thiophene rings is 1. The fourth-order valence-electron chi connectivity index (χ4n) is 2.32. The highest BCUT2D eigenvalue weighted by molar-refractivity contribution is 7.11. The zero-order valence-electron chi connectivity index (χ0n) is 12.5. The molecule has 1 fully saturated rings. The molecule has 2 rings (SSSR count). The molecule has 0 amide bonds. The maximum Gasteiger partial charge on any atom is 0.0594 e. The van der Waals surface area contributed by atoms with E-state index in [0.717, 1.165) is 44.7 Å². The van der Waals surface area contributed by atoms with E-state index in [0.29, 0.717) is 0 Å². The lowest BCUT2D eigenvalue weighted by Gasteiger charge is -2.25. The van der Waals surface area contributed by atoms with E-state index in [1.54, 1.807) is 4.88 Å². The lowest BCUT2D eigenvalue weighted by molar-refractivity contribution is 0.0346. The van der Waals surface area contributed by atoms with Gasteiger partial charge in [0.05, 0.1) is 13.2 Å². The zero-order valence-corrected chi connectivity index (χ0v) is 13.3. The lowest BCUT2D eigenvalue weighted by Crippen LogP contribution is -2.35. The van der Waals surface area contributed by atoms with Crippen LogP contribution in [0.2, 0.25) is 0 Å². The molecule has 1 saturated heterocycles. The lowest BCUT2D eigenvalue weighted by atomic mass is 9.93. The summed E-state index contributed by atoms with van der Waals surface area (Å²) in [6.07, 6.45) is 2.56. The quantitative estimate of drug-likeness (QED) is 0.786. The number of ether oxygens (including phenoxy) is 1. The number of rotatable bonds is 6. The van der Waals surface area contributed by atoms with Gasteiger partial charge in [-0.3, -0.25) is 4.90 Å². The molecule has 1 atom stereocenters. The highest BCUT2D eigenvalue weighted by Gasteiger charge is 2.12. The molecule has 0 N–H and O–H groups in total. The van der Waals surface area contributed by atoms with Crippen LogP contribution < -0.4 is 0 Å². The molecule has 0 aromatic carbocycles. The Morgan fingerprint density at radius 2 is 1.84 bits per heavy atom. The normalized spacial score (nSPS) is 18.9. The molecule has 0 saturated carbocycles. The van der Waals surface area contributed by atoms with Crippen LogP contribution in [0.3, 0.4) is 0 Å². The molecule has 19 heavy (non-hydrogen) atoms. The third-order valence-corrected chi connectivity index (χ3v) is 5.31. The minimum atomic E-state index is 0.799. The van der Waals surface area contributed by atoms with E-state index in [-0.39, 0.29) is 0 Å². The Kier molecular flexibility index (Phi) is 5.86. The molecule has 1 aromatic heterocycles. The van der Waals surface area contributed by atoms with Crippen molar-refractivity contribution in [1.29, 1.82) is 0 Å². The maximum absolute atomic E-state index is 5.39. The van der Waals surface area contributed by atoms with Gasteiger partial charge in [-0.1, -0.05) is 20.8 Å². The second-order valence-corrected chi connectivity index (χ2v) is 7.27. The zero-order chi connectivity index (χ0) is 13.7. The van der Waals surface area contributed by atoms with E-state index in [1.807, 2.05) is 11.3 Å². The van der Waals surface area contributed by atoms with Gasteiger partial charge in [-0.2, -0.15) is 0 Å². The van der Waals surface area contributed by atoms with Gasteiger partial charge in [0, 0.05) is 29.4 Å². The molecular formula is C16H27NOS. The summed E-state index contributed by atoms with van der Waals surface area (Å²) in [6.45, 7) is 12.1. The standard InChI is InChI=1S/C16H27NOS/c1-13(2)14(3)4-5-15-6-7-16(19-15)12-17-8-10-18-11-9-17/h6-7,13-14H,4-5,8-12H2,1-3H3. The average molecular weight is 281 g/mol. The van der Waals surface area contributed by atoms with Crippen molar-refractivity contribution in [1.82, 2.24) is 4.90 Å². The SMILES string of the molecule is CC(C)C(C)CCc1ccc(CN2CCOCC2)s1. The monoisotopic (exact) mass is 281 g/mol. The van der Waals surface area contributed by atoms with Crippen molar-refractivity contribution in [2.45, 2.75) is 40.2 Å². The van der Waals surface area contributed by atoms with Crippen molar-refractivity contribution in [2.24, 2.45) is 11.8 Å². The van der Waals surface area contributed by atoms with Gasteiger partial charge in [-0.25, -0.2) is 0 Å². The summed E-state index contributed by atoms with van der Waals surface area (Å²) in [5, 5.41) is 0. The van der Waals surface area contributed by atoms with Crippen molar-refractivity contribution < 1.29 is 4.74 Å². The second-order valence-electron chi connectivity index (χ2n) is 6.02. The smallest absolute Gasteiger partial charge is 0.0594 e. The third kappa shape index (κ3) is 4.90. The fraction of sp³-hybridized carbons (Fsp3) is 0.750. The number of morpholine rings is 1. The number of nitrogens with zero attached hydrogens (tertiary/aromatic N) is 1. The molecule has 108 valence electrons. The third-order valence-electron chi connectivity index (χ3n) is 4.18. The van der Waals surface area contributed by atoms with E-state index in [9.17, 15) is 0 Å². The minimum Gasteiger partial charge on any atom is -0.379 e. The van der Waals surface area contributed by atoms with Gasteiger partial charge in [0.25, 0.3) is 0 Å². The highest BCUT2D eigenvalue weighted by Crippen LogP contribution is 2.23. The highest BCUT2D eigenvalue weighted by atomic mass is 32.1. The fourth-order valence-corrected chi connectivity index (χ4v) is 3.40. The van der Waals surface area contributed by atoms with Crippen LogP contribution in [-0.4, -0.2) is 31.2 Å². The summed E-state index contributed by atoms with van der Waals surface area (Å²) in [6, 6.07) is 4.64. The molecule has 1 aliphatic heterocycles. The van der Waals surface area contributed by atoms with Gasteiger partial charge in [0.15, 0.2) is 0 Å². The molecule has 2 nitrogen and oxygen atoms in total. The predicted molar refractivity (Wildman–Crippen MR) is 82.7 cm³/mol. The Morgan fingerprint density at radius 3 is 2.53 bits per heavy atom. The first-order chi connectivity index (χ1) is 9.15. The summed E-state index contributed by atoms with van der Waals surface area (Å²) in [5.41, 5.74) is 0. The molecule has 0 radical (unpaired) electrons. The van der Waals surface area contributed by atoms with E-state index in [2.05, 4.69) is 37.8 Å². The molecule has 0 bridgehead atoms. The van der Waals surface area contributed by atoms with Gasteiger partial charge in [0.2, 0.25) is 0 Å². The first-order valence-corrected chi connectivity index (χ1v) is 8.34. The Morgan fingerprint density at radius 1 is 1.16 bits per heavy atom. The van der Waals surface area contributed by atoms with Crippen LogP contribution in [-0.2, 0) is 17.7 Å². The van der Waals surface area contributed by atoms with Gasteiger partial charge < -0.3 is 4.74 Å². The summed E-state index contributed by atoms with van der Waals surface area (Å²) in [5.74, 6) is 1.62. The average Bonchev–Trinajstić information content (AvgIpc) is 2.84. The van der Waals surface area contributed by atoms with Crippen molar-refractivity contribution in [3.8, 4) is 0 Å². The Labute approximate surface area is 121 Å². The predicted octanol–water partition coefficient (Wildman–Crippen LogP) is 3.81. The van der Waals surface area contributed by atoms with E-state index in [1.165, 1.54) is 17.7 Å². The van der Waals surface area contributed by atoms with E-state index >= 15 is 0 Å². The summed E-state index contributed by atoms with van der Waals surface area (Å²) >= 11 is 2.00. The van der Waals surface area contributed by atoms with Crippen LogP contribution in [0, 0.1) is 11.8 Å². The van der Waals surface area contributed by atoms with Crippen LogP contribution in [0.15, 0.2) is 12.1 Å². The first-order valence-electron chi connectivity index (χ1n) is 7.53. The summed E-state index contributed by atoms with van der Waals surface area (Å²) in [4.78, 5) is 5.56. The Bertz CT molecular complexity index is 369. The molecule has 2 heterocycles. The van der Waals surface area contributed by atoms with Gasteiger partial charge >= 0.3 is 0 Å². The van der Waals surface area contributed by atoms with E-state index in [4.69, 9.17) is 4.74 Å². The van der Waals surface area contributed by atoms with E-state index < -0.39 is 0 Å². The molecule has 0 spiro atoms. The van der Waals surface area contributed by atoms with Gasteiger partial charge in [-0.15, -0.1) is 11.3 Å². The summed E-state index contributed by atoms with van der Waals surface area (Å²) < 4.78 is 5.39. The van der Waals surface area contributed by atoms with Crippen LogP contribution >= 0.6 is 11.3 Å². The first kappa shape index (κ1) is 15.0. The van der Waals surface area contributed by atoms with Crippen molar-refractivity contribution in [3.05, 3.63) is 21.9 Å². The van der Waals surface area contributed by atoms with Crippen molar-refractivity contribution >= 4 is 11.3 Å². The molecule has 1 unspecified atom stereocenters. The van der Waals surface area contributed by atoms with Crippen LogP contribution in [0.4, 0.5) is 0 Å². The second kappa shape index (κ2) is 7.41. The molecule has 0 aliphatic carbocycles. The Hall–Kier alpha value is -0.380. The van der Waals surface area contributed by atoms with Gasteiger partial charge in [-0.05, 0) is 36.8 Å².